The number of benzene rings is 1. The molecule has 1 aromatic rings. The molecule has 1 N–H and O–H groups in total. The van der Waals surface area contributed by atoms with Crippen LogP contribution in [-0.2, 0) is 6.42 Å². The summed E-state index contributed by atoms with van der Waals surface area (Å²) in [7, 11) is 1.84. The first-order valence-corrected chi connectivity index (χ1v) is 7.52. The second-order valence-corrected chi connectivity index (χ2v) is 5.62. The lowest BCUT2D eigenvalue weighted by Gasteiger charge is -2.33. The van der Waals surface area contributed by atoms with Crippen LogP contribution in [0.3, 0.4) is 0 Å². The highest BCUT2D eigenvalue weighted by Gasteiger charge is 2.41. The van der Waals surface area contributed by atoms with Gasteiger partial charge in [-0.25, -0.2) is 0 Å². The third-order valence-electron chi connectivity index (χ3n) is 4.14. The molecule has 1 aliphatic rings. The molecule has 0 radical (unpaired) electrons. The number of likely N-dealkylation sites (tertiary alicyclic amines) is 1. The number of carbonyl (C=O) groups is 1. The predicted octanol–water partition coefficient (Wildman–Crippen LogP) is 2.86. The smallest absolute Gasteiger partial charge is 0.339 e. The Morgan fingerprint density at radius 2 is 1.91 bits per heavy atom. The fourth-order valence-corrected chi connectivity index (χ4v) is 2.79. The van der Waals surface area contributed by atoms with Crippen LogP contribution in [0.2, 0.25) is 0 Å². The molecule has 3 nitrogen and oxygen atoms in total. The van der Waals surface area contributed by atoms with E-state index in [9.17, 15) is 18.0 Å². The quantitative estimate of drug-likeness (QED) is 0.927. The van der Waals surface area contributed by atoms with Gasteiger partial charge in [0, 0.05) is 18.7 Å². The standard InChI is InChI=1S/C16H21F3N2O/c1-20-9-6-12-4-2-3-5-14(12)15(22)21-10-7-13(8-11-21)16(17,18)19/h2-5,13,20H,6-11H2,1H3. The van der Waals surface area contributed by atoms with Gasteiger partial charge in [0.05, 0.1) is 5.92 Å². The normalized spacial score (nSPS) is 16.8. The van der Waals surface area contributed by atoms with Gasteiger partial charge in [-0.1, -0.05) is 18.2 Å². The minimum absolute atomic E-state index is 0.00603. The summed E-state index contributed by atoms with van der Waals surface area (Å²) in [4.78, 5) is 14.1. The van der Waals surface area contributed by atoms with Crippen molar-refractivity contribution in [3.63, 3.8) is 0 Å². The zero-order valence-corrected chi connectivity index (χ0v) is 12.6. The first kappa shape index (κ1) is 16.8. The van der Waals surface area contributed by atoms with Gasteiger partial charge in [0.2, 0.25) is 0 Å². The van der Waals surface area contributed by atoms with E-state index in [-0.39, 0.29) is 31.8 Å². The van der Waals surface area contributed by atoms with Gasteiger partial charge in [0.25, 0.3) is 5.91 Å². The highest BCUT2D eigenvalue weighted by Crippen LogP contribution is 2.34. The third kappa shape index (κ3) is 4.00. The second-order valence-electron chi connectivity index (χ2n) is 5.62. The van der Waals surface area contributed by atoms with E-state index in [1.807, 2.05) is 19.2 Å². The minimum Gasteiger partial charge on any atom is -0.339 e. The fourth-order valence-electron chi connectivity index (χ4n) is 2.79. The van der Waals surface area contributed by atoms with Crippen molar-refractivity contribution in [1.82, 2.24) is 10.2 Å². The van der Waals surface area contributed by atoms with Crippen molar-refractivity contribution < 1.29 is 18.0 Å². The molecule has 1 saturated heterocycles. The molecule has 1 aromatic carbocycles. The summed E-state index contributed by atoms with van der Waals surface area (Å²) in [5.41, 5.74) is 1.53. The van der Waals surface area contributed by atoms with Gasteiger partial charge < -0.3 is 10.2 Å². The SMILES string of the molecule is CNCCc1ccccc1C(=O)N1CCC(C(F)(F)F)CC1. The van der Waals surface area contributed by atoms with Crippen molar-refractivity contribution in [1.29, 1.82) is 0 Å². The Morgan fingerprint density at radius 1 is 1.27 bits per heavy atom. The maximum Gasteiger partial charge on any atom is 0.391 e. The zero-order chi connectivity index (χ0) is 16.2. The van der Waals surface area contributed by atoms with Crippen LogP contribution >= 0.6 is 0 Å². The van der Waals surface area contributed by atoms with Gasteiger partial charge in [-0.15, -0.1) is 0 Å². The molecule has 22 heavy (non-hydrogen) atoms. The largest absolute Gasteiger partial charge is 0.391 e. The minimum atomic E-state index is -4.15. The maximum absolute atomic E-state index is 12.7. The van der Waals surface area contributed by atoms with Crippen LogP contribution in [-0.4, -0.2) is 43.7 Å². The van der Waals surface area contributed by atoms with E-state index in [1.54, 1.807) is 17.0 Å². The van der Waals surface area contributed by atoms with Crippen LogP contribution in [0.4, 0.5) is 13.2 Å². The number of hydrogen-bond donors (Lipinski definition) is 1. The number of carbonyl (C=O) groups excluding carboxylic acids is 1. The van der Waals surface area contributed by atoms with Gasteiger partial charge in [0.1, 0.15) is 0 Å². The first-order chi connectivity index (χ1) is 10.4. The molecule has 6 heteroatoms. The van der Waals surface area contributed by atoms with E-state index in [0.717, 1.165) is 18.5 Å². The van der Waals surface area contributed by atoms with Crippen molar-refractivity contribution in [2.24, 2.45) is 5.92 Å². The van der Waals surface area contributed by atoms with Crippen molar-refractivity contribution >= 4 is 5.91 Å². The highest BCUT2D eigenvalue weighted by molar-refractivity contribution is 5.95. The van der Waals surface area contributed by atoms with E-state index < -0.39 is 12.1 Å². The highest BCUT2D eigenvalue weighted by atomic mass is 19.4. The van der Waals surface area contributed by atoms with Crippen LogP contribution in [0, 0.1) is 5.92 Å². The number of nitrogens with zero attached hydrogens (tertiary/aromatic N) is 1. The fraction of sp³-hybridized carbons (Fsp3) is 0.562. The van der Waals surface area contributed by atoms with Crippen LogP contribution in [0.1, 0.15) is 28.8 Å². The second kappa shape index (κ2) is 7.13. The lowest BCUT2D eigenvalue weighted by Crippen LogP contribution is -2.42. The Labute approximate surface area is 128 Å². The number of amides is 1. The Bertz CT molecular complexity index is 508. The average Bonchev–Trinajstić information content (AvgIpc) is 2.52. The van der Waals surface area contributed by atoms with E-state index >= 15 is 0 Å². The number of nitrogens with one attached hydrogen (secondary N) is 1. The molecule has 0 aromatic heterocycles. The molecule has 1 heterocycles. The Balaban J connectivity index is 2.04. The van der Waals surface area contributed by atoms with E-state index in [1.165, 1.54) is 0 Å². The van der Waals surface area contributed by atoms with Gasteiger partial charge in [-0.3, -0.25) is 4.79 Å². The molecule has 1 fully saturated rings. The van der Waals surface area contributed by atoms with Gasteiger partial charge in [-0.05, 0) is 44.5 Å². The summed E-state index contributed by atoms with van der Waals surface area (Å²) < 4.78 is 38.1. The summed E-state index contributed by atoms with van der Waals surface area (Å²) in [6.07, 6.45) is -3.45. The van der Waals surface area contributed by atoms with Gasteiger partial charge in [-0.2, -0.15) is 13.2 Å². The molecule has 0 aliphatic carbocycles. The summed E-state index contributed by atoms with van der Waals surface area (Å²) in [5.74, 6) is -1.44. The molecular weight excluding hydrogens is 293 g/mol. The predicted molar refractivity (Wildman–Crippen MR) is 78.8 cm³/mol. The van der Waals surface area contributed by atoms with Gasteiger partial charge >= 0.3 is 6.18 Å². The average molecular weight is 314 g/mol. The molecule has 1 amide bonds. The van der Waals surface area contributed by atoms with Crippen LogP contribution in [0.5, 0.6) is 0 Å². The Hall–Kier alpha value is -1.56. The summed E-state index contributed by atoms with van der Waals surface area (Å²) in [6.45, 7) is 1.09. The van der Waals surface area contributed by atoms with E-state index in [2.05, 4.69) is 5.32 Å². The Kier molecular flexibility index (Phi) is 5.45. The monoisotopic (exact) mass is 314 g/mol. The number of likely N-dealkylation sites (N-methyl/N-ethyl adjacent to an activating group) is 1. The molecule has 0 bridgehead atoms. The maximum atomic E-state index is 12.7. The number of halogens is 3. The molecular formula is C16H21F3N2O. The van der Waals surface area contributed by atoms with Crippen molar-refractivity contribution in [3.8, 4) is 0 Å². The molecule has 1 aliphatic heterocycles. The molecule has 0 spiro atoms. The van der Waals surface area contributed by atoms with Crippen molar-refractivity contribution in [2.75, 3.05) is 26.7 Å². The molecule has 122 valence electrons. The topological polar surface area (TPSA) is 32.3 Å². The lowest BCUT2D eigenvalue weighted by molar-refractivity contribution is -0.183. The van der Waals surface area contributed by atoms with Crippen LogP contribution in [0.25, 0.3) is 0 Å². The molecule has 0 atom stereocenters. The number of piperidine rings is 1. The van der Waals surface area contributed by atoms with E-state index in [0.29, 0.717) is 5.56 Å². The summed E-state index contributed by atoms with van der Waals surface area (Å²) >= 11 is 0. The zero-order valence-electron chi connectivity index (χ0n) is 12.6. The van der Waals surface area contributed by atoms with E-state index in [4.69, 9.17) is 0 Å². The number of alkyl halides is 3. The summed E-state index contributed by atoms with van der Waals surface area (Å²) in [5, 5.41) is 3.03. The molecule has 0 unspecified atom stereocenters. The van der Waals surface area contributed by atoms with Gasteiger partial charge in [0.15, 0.2) is 0 Å². The summed E-state index contributed by atoms with van der Waals surface area (Å²) in [6, 6.07) is 7.31. The van der Waals surface area contributed by atoms with Crippen LogP contribution in [0.15, 0.2) is 24.3 Å². The Morgan fingerprint density at radius 3 is 2.50 bits per heavy atom. The number of hydrogen-bond acceptors (Lipinski definition) is 2. The molecule has 2 rings (SSSR count). The van der Waals surface area contributed by atoms with Crippen molar-refractivity contribution in [2.45, 2.75) is 25.4 Å². The third-order valence-corrected chi connectivity index (χ3v) is 4.14. The van der Waals surface area contributed by atoms with Crippen molar-refractivity contribution in [3.05, 3.63) is 35.4 Å². The number of rotatable bonds is 4. The molecule has 0 saturated carbocycles. The lowest BCUT2D eigenvalue weighted by atomic mass is 9.95. The van der Waals surface area contributed by atoms with Crippen LogP contribution < -0.4 is 5.32 Å². The first-order valence-electron chi connectivity index (χ1n) is 7.52.